The number of hydrogen-bond donors (Lipinski definition) is 0. The van der Waals surface area contributed by atoms with Gasteiger partial charge in [-0.15, -0.1) is 0 Å². The van der Waals surface area contributed by atoms with Crippen molar-refractivity contribution in [2.45, 2.75) is 33.2 Å². The highest BCUT2D eigenvalue weighted by atomic mass is 16.5. The molecule has 0 unspecified atom stereocenters. The van der Waals surface area contributed by atoms with Crippen LogP contribution in [0.2, 0.25) is 0 Å². The summed E-state index contributed by atoms with van der Waals surface area (Å²) in [7, 11) is 2.15. The molecule has 90 valence electrons. The number of hydrogen-bond acceptors (Lipinski definition) is 2. The third kappa shape index (κ3) is 4.23. The molecule has 0 bridgehead atoms. The lowest BCUT2D eigenvalue weighted by molar-refractivity contribution is 0.233. The van der Waals surface area contributed by atoms with Gasteiger partial charge in [-0.05, 0) is 45.9 Å². The fourth-order valence-electron chi connectivity index (χ4n) is 1.47. The summed E-state index contributed by atoms with van der Waals surface area (Å²) in [5, 5.41) is 0. The van der Waals surface area contributed by atoms with Crippen molar-refractivity contribution in [1.82, 2.24) is 4.90 Å². The van der Waals surface area contributed by atoms with Gasteiger partial charge in [0.15, 0.2) is 0 Å². The zero-order valence-corrected chi connectivity index (χ0v) is 10.9. The van der Waals surface area contributed by atoms with Crippen LogP contribution in [0, 0.1) is 6.92 Å². The second-order valence-electron chi connectivity index (χ2n) is 4.54. The van der Waals surface area contributed by atoms with Gasteiger partial charge in [0, 0.05) is 12.6 Å². The molecule has 0 atom stereocenters. The third-order valence-corrected chi connectivity index (χ3v) is 2.89. The molecule has 0 amide bonds. The van der Waals surface area contributed by atoms with Gasteiger partial charge in [-0.1, -0.05) is 18.2 Å². The van der Waals surface area contributed by atoms with Crippen LogP contribution in [-0.2, 0) is 0 Å². The first-order chi connectivity index (χ1) is 7.61. The number of nitrogens with zero attached hydrogens (tertiary/aromatic N) is 1. The van der Waals surface area contributed by atoms with Gasteiger partial charge in [-0.3, -0.25) is 0 Å². The quantitative estimate of drug-likeness (QED) is 0.684. The van der Waals surface area contributed by atoms with Crippen molar-refractivity contribution in [3.63, 3.8) is 0 Å². The van der Waals surface area contributed by atoms with Crippen LogP contribution in [0.15, 0.2) is 24.3 Å². The first-order valence-electron chi connectivity index (χ1n) is 6.00. The van der Waals surface area contributed by atoms with E-state index in [2.05, 4.69) is 38.8 Å². The van der Waals surface area contributed by atoms with E-state index in [1.807, 2.05) is 18.2 Å². The molecule has 0 saturated heterocycles. The van der Waals surface area contributed by atoms with E-state index in [0.29, 0.717) is 6.04 Å². The molecule has 0 radical (unpaired) electrons. The van der Waals surface area contributed by atoms with Crippen molar-refractivity contribution in [3.8, 4) is 5.75 Å². The van der Waals surface area contributed by atoms with Crippen LogP contribution in [0.25, 0.3) is 0 Å². The topological polar surface area (TPSA) is 12.5 Å². The molecular formula is C14H23NO. The average molecular weight is 221 g/mol. The molecule has 0 fully saturated rings. The molecule has 1 rings (SSSR count). The lowest BCUT2D eigenvalue weighted by Crippen LogP contribution is -2.28. The molecule has 2 nitrogen and oxygen atoms in total. The van der Waals surface area contributed by atoms with Crippen LogP contribution in [0.4, 0.5) is 0 Å². The van der Waals surface area contributed by atoms with Gasteiger partial charge in [0.05, 0.1) is 6.61 Å². The molecule has 1 aromatic carbocycles. The van der Waals surface area contributed by atoms with Crippen molar-refractivity contribution in [1.29, 1.82) is 0 Å². The lowest BCUT2D eigenvalue weighted by atomic mass is 10.2. The summed E-state index contributed by atoms with van der Waals surface area (Å²) in [5.74, 6) is 1.01. The molecule has 0 aliphatic rings. The fraction of sp³-hybridized carbons (Fsp3) is 0.571. The Morgan fingerprint density at radius 2 is 1.94 bits per heavy atom. The van der Waals surface area contributed by atoms with E-state index in [4.69, 9.17) is 4.74 Å². The van der Waals surface area contributed by atoms with E-state index >= 15 is 0 Å². The Balaban J connectivity index is 2.24. The average Bonchev–Trinajstić information content (AvgIpc) is 2.26. The number of ether oxygens (including phenoxy) is 1. The summed E-state index contributed by atoms with van der Waals surface area (Å²) in [4.78, 5) is 2.33. The van der Waals surface area contributed by atoms with E-state index in [1.165, 1.54) is 5.56 Å². The highest BCUT2D eigenvalue weighted by Crippen LogP contribution is 2.16. The lowest BCUT2D eigenvalue weighted by Gasteiger charge is -2.20. The van der Waals surface area contributed by atoms with Crippen LogP contribution in [0.5, 0.6) is 5.75 Å². The van der Waals surface area contributed by atoms with Crippen molar-refractivity contribution in [2.24, 2.45) is 0 Å². The Morgan fingerprint density at radius 3 is 2.56 bits per heavy atom. The van der Waals surface area contributed by atoms with Gasteiger partial charge in [0.2, 0.25) is 0 Å². The van der Waals surface area contributed by atoms with Crippen LogP contribution in [-0.4, -0.2) is 31.1 Å². The molecule has 0 heterocycles. The molecule has 0 aromatic heterocycles. The van der Waals surface area contributed by atoms with Crippen LogP contribution in [0.3, 0.4) is 0 Å². The maximum absolute atomic E-state index is 5.74. The second-order valence-corrected chi connectivity index (χ2v) is 4.54. The van der Waals surface area contributed by atoms with E-state index in [0.717, 1.165) is 25.3 Å². The van der Waals surface area contributed by atoms with Crippen LogP contribution >= 0.6 is 0 Å². The second kappa shape index (κ2) is 6.54. The predicted octanol–water partition coefficient (Wildman–Crippen LogP) is 3.10. The summed E-state index contributed by atoms with van der Waals surface area (Å²) < 4.78 is 5.74. The third-order valence-electron chi connectivity index (χ3n) is 2.89. The summed E-state index contributed by atoms with van der Waals surface area (Å²) in [6, 6.07) is 8.77. The van der Waals surface area contributed by atoms with Crippen molar-refractivity contribution < 1.29 is 4.74 Å². The van der Waals surface area contributed by atoms with Gasteiger partial charge in [-0.2, -0.15) is 0 Å². The normalized spacial score (nSPS) is 11.1. The zero-order valence-electron chi connectivity index (χ0n) is 10.9. The first-order valence-corrected chi connectivity index (χ1v) is 6.00. The molecule has 1 aromatic rings. The van der Waals surface area contributed by atoms with Crippen molar-refractivity contribution >= 4 is 0 Å². The fourth-order valence-corrected chi connectivity index (χ4v) is 1.47. The maximum atomic E-state index is 5.74. The summed E-state index contributed by atoms with van der Waals surface area (Å²) in [5.41, 5.74) is 1.21. The molecule has 2 heteroatoms. The number of para-hydroxylation sites is 1. The molecule has 0 aliphatic carbocycles. The smallest absolute Gasteiger partial charge is 0.122 e. The minimum atomic E-state index is 0.610. The molecular weight excluding hydrogens is 198 g/mol. The van der Waals surface area contributed by atoms with Gasteiger partial charge in [-0.25, -0.2) is 0 Å². The molecule has 0 aliphatic heterocycles. The van der Waals surface area contributed by atoms with Crippen LogP contribution < -0.4 is 4.74 Å². The molecule has 0 spiro atoms. The van der Waals surface area contributed by atoms with Crippen molar-refractivity contribution in [3.05, 3.63) is 29.8 Å². The first kappa shape index (κ1) is 13.0. The number of aryl methyl sites for hydroxylation is 1. The maximum Gasteiger partial charge on any atom is 0.122 e. The predicted molar refractivity (Wildman–Crippen MR) is 69.1 cm³/mol. The minimum absolute atomic E-state index is 0.610. The summed E-state index contributed by atoms with van der Waals surface area (Å²) >= 11 is 0. The molecule has 0 saturated carbocycles. The van der Waals surface area contributed by atoms with Crippen molar-refractivity contribution in [2.75, 3.05) is 20.2 Å². The Bertz CT molecular complexity index is 309. The summed E-state index contributed by atoms with van der Waals surface area (Å²) in [6.45, 7) is 8.38. The SMILES string of the molecule is Cc1ccccc1OCCCN(C)C(C)C. The van der Waals surface area contributed by atoms with Gasteiger partial charge >= 0.3 is 0 Å². The minimum Gasteiger partial charge on any atom is -0.493 e. The Kier molecular flexibility index (Phi) is 5.33. The Hall–Kier alpha value is -1.02. The highest BCUT2D eigenvalue weighted by Gasteiger charge is 2.02. The monoisotopic (exact) mass is 221 g/mol. The van der Waals surface area contributed by atoms with Gasteiger partial charge < -0.3 is 9.64 Å². The number of rotatable bonds is 6. The molecule has 16 heavy (non-hydrogen) atoms. The zero-order chi connectivity index (χ0) is 12.0. The van der Waals surface area contributed by atoms with E-state index in [9.17, 15) is 0 Å². The highest BCUT2D eigenvalue weighted by molar-refractivity contribution is 5.31. The molecule has 0 N–H and O–H groups in total. The van der Waals surface area contributed by atoms with E-state index < -0.39 is 0 Å². The van der Waals surface area contributed by atoms with Crippen LogP contribution in [0.1, 0.15) is 25.8 Å². The van der Waals surface area contributed by atoms with Gasteiger partial charge in [0.25, 0.3) is 0 Å². The Morgan fingerprint density at radius 1 is 1.25 bits per heavy atom. The van der Waals surface area contributed by atoms with Gasteiger partial charge in [0.1, 0.15) is 5.75 Å². The standard InChI is InChI=1S/C14H23NO/c1-12(2)15(4)10-7-11-16-14-9-6-5-8-13(14)3/h5-6,8-9,12H,7,10-11H2,1-4H3. The van der Waals surface area contributed by atoms with E-state index in [1.54, 1.807) is 0 Å². The largest absolute Gasteiger partial charge is 0.493 e. The van der Waals surface area contributed by atoms with E-state index in [-0.39, 0.29) is 0 Å². The Labute approximate surface area is 99.2 Å². The number of benzene rings is 1. The summed E-state index contributed by atoms with van der Waals surface area (Å²) in [6.07, 6.45) is 1.07.